The summed E-state index contributed by atoms with van der Waals surface area (Å²) in [6.45, 7) is 6.32. The average Bonchev–Trinajstić information content (AvgIpc) is 2.91. The van der Waals surface area contributed by atoms with Crippen molar-refractivity contribution in [3.05, 3.63) is 41.0 Å². The molecule has 0 spiro atoms. The molecule has 0 N–H and O–H groups in total. The number of ketones is 1. The van der Waals surface area contributed by atoms with Crippen LogP contribution < -0.4 is 4.90 Å². The van der Waals surface area contributed by atoms with Crippen LogP contribution in [-0.4, -0.2) is 34.8 Å². The third kappa shape index (κ3) is 2.84. The molecule has 1 saturated carbocycles. The molecule has 3 heterocycles. The van der Waals surface area contributed by atoms with Crippen LogP contribution in [-0.2, 0) is 16.0 Å². The summed E-state index contributed by atoms with van der Waals surface area (Å²) in [6, 6.07) is 13.5. The highest BCUT2D eigenvalue weighted by Gasteiger charge is 2.76. The van der Waals surface area contributed by atoms with Crippen molar-refractivity contribution in [1.29, 1.82) is 10.5 Å². The first-order valence-electron chi connectivity index (χ1n) is 14.6. The summed E-state index contributed by atoms with van der Waals surface area (Å²) in [6.07, 6.45) is 5.96. The number of nitrogens with zero attached hydrogens (tertiary/aromatic N) is 5. The van der Waals surface area contributed by atoms with Gasteiger partial charge in [0.25, 0.3) is 5.91 Å². The third-order valence-electron chi connectivity index (χ3n) is 10.7. The zero-order valence-electron chi connectivity index (χ0n) is 23.0. The number of benzene rings is 1. The number of piperidine rings is 2. The van der Waals surface area contributed by atoms with Gasteiger partial charge in [-0.15, -0.1) is 0 Å². The Bertz CT molecular complexity index is 1460. The van der Waals surface area contributed by atoms with E-state index in [0.29, 0.717) is 37.1 Å². The molecular formula is C32H35N5O2. The minimum absolute atomic E-state index is 0.0159. The molecule has 3 aliphatic heterocycles. The van der Waals surface area contributed by atoms with E-state index < -0.39 is 22.7 Å². The number of carbonyl (C=O) groups excluding carboxylic acids is 2. The van der Waals surface area contributed by atoms with Crippen molar-refractivity contribution < 1.29 is 9.59 Å². The molecule has 7 rings (SSSR count). The van der Waals surface area contributed by atoms with Crippen LogP contribution >= 0.6 is 0 Å². The number of allylic oxidation sites excluding steroid dienone is 1. The van der Waals surface area contributed by atoms with E-state index in [1.54, 1.807) is 4.90 Å². The zero-order chi connectivity index (χ0) is 27.3. The van der Waals surface area contributed by atoms with Crippen molar-refractivity contribution in [1.82, 2.24) is 4.90 Å². The summed E-state index contributed by atoms with van der Waals surface area (Å²) in [5, 5.41) is 22.2. The molecule has 39 heavy (non-hydrogen) atoms. The fourth-order valence-corrected chi connectivity index (χ4v) is 9.23. The maximum Gasteiger partial charge on any atom is 0.251 e. The first-order chi connectivity index (χ1) is 18.7. The molecule has 1 aromatic rings. The first-order valence-corrected chi connectivity index (χ1v) is 14.6. The highest BCUT2D eigenvalue weighted by Crippen LogP contribution is 2.69. The van der Waals surface area contributed by atoms with Crippen molar-refractivity contribution in [2.75, 3.05) is 4.90 Å². The van der Waals surface area contributed by atoms with Crippen LogP contribution in [0.4, 0.5) is 5.69 Å². The van der Waals surface area contributed by atoms with Crippen molar-refractivity contribution in [2.45, 2.75) is 90.9 Å². The van der Waals surface area contributed by atoms with Crippen LogP contribution in [0, 0.1) is 50.7 Å². The average molecular weight is 522 g/mol. The number of carbonyl (C=O) groups is 2. The fourth-order valence-electron chi connectivity index (χ4n) is 9.23. The van der Waals surface area contributed by atoms with E-state index in [-0.39, 0.29) is 29.4 Å². The SMILES string of the molecule is CCc1ccccc1N1C2CCCC1N1C(=O)C3(C#N)C4CCCC3C(C#N)(C1=N2)C1=C4C(=O)CC(C)(C)C1. The Morgan fingerprint density at radius 1 is 1.03 bits per heavy atom. The summed E-state index contributed by atoms with van der Waals surface area (Å²) >= 11 is 0. The molecule has 6 bridgehead atoms. The molecule has 7 heteroatoms. The Morgan fingerprint density at radius 3 is 2.54 bits per heavy atom. The quantitative estimate of drug-likeness (QED) is 0.527. The number of Topliss-reactive ketones (excluding diaryl/α,β-unsaturated/α-hetero) is 1. The Balaban J connectivity index is 1.54. The van der Waals surface area contributed by atoms with E-state index in [4.69, 9.17) is 4.99 Å². The second-order valence-corrected chi connectivity index (χ2v) is 13.2. The number of hydrogen-bond acceptors (Lipinski definition) is 6. The lowest BCUT2D eigenvalue weighted by atomic mass is 9.40. The number of para-hydroxylation sites is 1. The Labute approximate surface area is 230 Å². The number of hydrogen-bond donors (Lipinski definition) is 0. The van der Waals surface area contributed by atoms with E-state index in [0.717, 1.165) is 43.4 Å². The van der Waals surface area contributed by atoms with Gasteiger partial charge in [-0.3, -0.25) is 14.5 Å². The first kappa shape index (κ1) is 24.6. The molecule has 200 valence electrons. The van der Waals surface area contributed by atoms with E-state index in [9.17, 15) is 20.1 Å². The monoisotopic (exact) mass is 521 g/mol. The number of nitriles is 2. The van der Waals surface area contributed by atoms with E-state index in [2.05, 4.69) is 49.9 Å². The summed E-state index contributed by atoms with van der Waals surface area (Å²) in [5.41, 5.74) is 0.828. The number of anilines is 1. The molecular weight excluding hydrogens is 486 g/mol. The molecule has 0 aromatic heterocycles. The molecule has 3 fully saturated rings. The van der Waals surface area contributed by atoms with Crippen LogP contribution in [0.2, 0.25) is 0 Å². The van der Waals surface area contributed by atoms with Crippen molar-refractivity contribution in [3.8, 4) is 12.1 Å². The lowest BCUT2D eigenvalue weighted by molar-refractivity contribution is -0.154. The van der Waals surface area contributed by atoms with Crippen molar-refractivity contribution in [2.24, 2.45) is 33.1 Å². The predicted molar refractivity (Wildman–Crippen MR) is 146 cm³/mol. The lowest BCUT2D eigenvalue weighted by Gasteiger charge is -2.65. The lowest BCUT2D eigenvalue weighted by Crippen LogP contribution is -2.77. The van der Waals surface area contributed by atoms with Crippen LogP contribution in [0.3, 0.4) is 0 Å². The van der Waals surface area contributed by atoms with Gasteiger partial charge < -0.3 is 4.90 Å². The maximum atomic E-state index is 14.9. The van der Waals surface area contributed by atoms with Gasteiger partial charge in [0.15, 0.2) is 5.78 Å². The van der Waals surface area contributed by atoms with Gasteiger partial charge in [0.1, 0.15) is 29.0 Å². The van der Waals surface area contributed by atoms with Crippen LogP contribution in [0.25, 0.3) is 0 Å². The highest BCUT2D eigenvalue weighted by molar-refractivity contribution is 6.15. The highest BCUT2D eigenvalue weighted by atomic mass is 16.2. The molecule has 7 nitrogen and oxygen atoms in total. The summed E-state index contributed by atoms with van der Waals surface area (Å²) < 4.78 is 0. The largest absolute Gasteiger partial charge is 0.328 e. The molecule has 2 saturated heterocycles. The summed E-state index contributed by atoms with van der Waals surface area (Å²) in [4.78, 5) is 38.1. The minimum Gasteiger partial charge on any atom is -0.328 e. The summed E-state index contributed by atoms with van der Waals surface area (Å²) in [5.74, 6) is -0.630. The minimum atomic E-state index is -1.41. The second kappa shape index (κ2) is 8.04. The zero-order valence-corrected chi connectivity index (χ0v) is 23.0. The maximum absolute atomic E-state index is 14.9. The normalized spacial score (nSPS) is 37.8. The molecule has 1 aromatic carbocycles. The Morgan fingerprint density at radius 2 is 1.79 bits per heavy atom. The summed E-state index contributed by atoms with van der Waals surface area (Å²) in [7, 11) is 0. The van der Waals surface area contributed by atoms with Gasteiger partial charge in [-0.2, -0.15) is 10.5 Å². The molecule has 6 unspecified atom stereocenters. The number of aryl methyl sites for hydroxylation is 1. The molecule has 3 aliphatic carbocycles. The van der Waals surface area contributed by atoms with E-state index in [1.807, 2.05) is 12.1 Å². The topological polar surface area (TPSA) is 101 Å². The van der Waals surface area contributed by atoms with Crippen LogP contribution in [0.1, 0.15) is 77.7 Å². The van der Waals surface area contributed by atoms with Gasteiger partial charge in [-0.25, -0.2) is 4.99 Å². The standard InChI is InChI=1S/C32H35N5O2/c1-4-19-9-5-6-11-22(19)36-25-13-8-14-26(36)37-28(35-25)31(17-33)21-15-30(2,3)16-23(38)27(21)20-10-7-12-24(31)32(20,18-34)29(37)39/h5-6,9,11,20,24-26H,4,7-8,10,12-16H2,1-3H3. The fraction of sp³-hybridized carbons (Fsp3) is 0.594. The molecule has 6 aliphatic rings. The van der Waals surface area contributed by atoms with Gasteiger partial charge >= 0.3 is 0 Å². The van der Waals surface area contributed by atoms with Gasteiger partial charge in [0.05, 0.1) is 12.1 Å². The van der Waals surface area contributed by atoms with Gasteiger partial charge in [-0.05, 0) is 67.6 Å². The number of rotatable bonds is 2. The van der Waals surface area contributed by atoms with Crippen LogP contribution in [0.5, 0.6) is 0 Å². The van der Waals surface area contributed by atoms with Gasteiger partial charge in [-0.1, -0.05) is 45.4 Å². The molecule has 1 amide bonds. The van der Waals surface area contributed by atoms with Gasteiger partial charge in [0, 0.05) is 29.5 Å². The second-order valence-electron chi connectivity index (χ2n) is 13.2. The smallest absolute Gasteiger partial charge is 0.251 e. The number of amides is 1. The van der Waals surface area contributed by atoms with Crippen LogP contribution in [0.15, 0.2) is 40.4 Å². The third-order valence-corrected chi connectivity index (χ3v) is 10.7. The Kier molecular flexibility index (Phi) is 5.07. The molecule has 0 radical (unpaired) electrons. The number of amidine groups is 1. The number of aliphatic imine (C=N–C) groups is 1. The number of fused-ring (bicyclic) bond motifs is 7. The molecule has 6 atom stereocenters. The van der Waals surface area contributed by atoms with Crippen molar-refractivity contribution in [3.63, 3.8) is 0 Å². The van der Waals surface area contributed by atoms with E-state index in [1.165, 1.54) is 5.56 Å². The van der Waals surface area contributed by atoms with E-state index >= 15 is 0 Å². The van der Waals surface area contributed by atoms with Gasteiger partial charge in [0.2, 0.25) is 0 Å². The Hall–Kier alpha value is -3.45. The van der Waals surface area contributed by atoms with Crippen molar-refractivity contribution >= 4 is 23.2 Å². The predicted octanol–water partition coefficient (Wildman–Crippen LogP) is 5.28.